The van der Waals surface area contributed by atoms with Crippen molar-refractivity contribution >= 4 is 5.91 Å². The SMILES string of the molecule is CC(C)CC(CNC(=O)c1ccc(F)cc1)(Cc1ccccc1)CC(C)C. The molecule has 3 heteroatoms. The number of rotatable bonds is 9. The van der Waals surface area contributed by atoms with E-state index in [4.69, 9.17) is 0 Å². The predicted octanol–water partition coefficient (Wildman–Crippen LogP) is 5.88. The molecule has 27 heavy (non-hydrogen) atoms. The van der Waals surface area contributed by atoms with Crippen LogP contribution in [-0.2, 0) is 6.42 Å². The first-order valence-electron chi connectivity index (χ1n) is 9.87. The zero-order valence-electron chi connectivity index (χ0n) is 17.0. The van der Waals surface area contributed by atoms with Crippen LogP contribution < -0.4 is 5.32 Å². The van der Waals surface area contributed by atoms with Crippen LogP contribution in [0, 0.1) is 23.1 Å². The number of carbonyl (C=O) groups is 1. The van der Waals surface area contributed by atoms with Gasteiger partial charge in [-0.3, -0.25) is 4.79 Å². The van der Waals surface area contributed by atoms with Crippen LogP contribution in [0.2, 0.25) is 0 Å². The molecular weight excluding hydrogens is 337 g/mol. The molecule has 146 valence electrons. The van der Waals surface area contributed by atoms with E-state index in [1.807, 2.05) is 6.07 Å². The van der Waals surface area contributed by atoms with Gasteiger partial charge in [0.05, 0.1) is 0 Å². The Morgan fingerprint density at radius 2 is 1.48 bits per heavy atom. The summed E-state index contributed by atoms with van der Waals surface area (Å²) in [7, 11) is 0. The molecule has 0 heterocycles. The third kappa shape index (κ3) is 6.82. The fraction of sp³-hybridized carbons (Fsp3) is 0.458. The van der Waals surface area contributed by atoms with Gasteiger partial charge in [-0.2, -0.15) is 0 Å². The van der Waals surface area contributed by atoms with Crippen molar-refractivity contribution in [2.75, 3.05) is 6.54 Å². The Bertz CT molecular complexity index is 697. The quantitative estimate of drug-likeness (QED) is 0.588. The number of nitrogens with one attached hydrogen (secondary N) is 1. The molecule has 0 atom stereocenters. The number of amides is 1. The third-order valence-electron chi connectivity index (χ3n) is 4.83. The van der Waals surface area contributed by atoms with Crippen LogP contribution in [0.15, 0.2) is 54.6 Å². The van der Waals surface area contributed by atoms with Crippen molar-refractivity contribution < 1.29 is 9.18 Å². The van der Waals surface area contributed by atoms with E-state index in [9.17, 15) is 9.18 Å². The van der Waals surface area contributed by atoms with E-state index >= 15 is 0 Å². The molecule has 0 unspecified atom stereocenters. The van der Waals surface area contributed by atoms with Gasteiger partial charge in [-0.25, -0.2) is 4.39 Å². The van der Waals surface area contributed by atoms with Crippen LogP contribution in [0.1, 0.15) is 56.5 Å². The average molecular weight is 370 g/mol. The molecule has 0 aliphatic heterocycles. The molecule has 2 rings (SSSR count). The second-order valence-corrected chi connectivity index (χ2v) is 8.55. The van der Waals surface area contributed by atoms with Crippen molar-refractivity contribution in [3.63, 3.8) is 0 Å². The lowest BCUT2D eigenvalue weighted by molar-refractivity contribution is 0.0903. The number of halogens is 1. The second kappa shape index (κ2) is 9.68. The first kappa shape index (κ1) is 21.1. The summed E-state index contributed by atoms with van der Waals surface area (Å²) in [4.78, 5) is 12.6. The Morgan fingerprint density at radius 3 is 2.00 bits per heavy atom. The minimum atomic E-state index is -0.329. The molecule has 0 saturated heterocycles. The highest BCUT2D eigenvalue weighted by Crippen LogP contribution is 2.37. The summed E-state index contributed by atoms with van der Waals surface area (Å²) in [5.74, 6) is 0.606. The Kier molecular flexibility index (Phi) is 7.58. The van der Waals surface area contributed by atoms with Crippen LogP contribution in [0.5, 0.6) is 0 Å². The minimum absolute atomic E-state index is 0.000618. The van der Waals surface area contributed by atoms with Crippen molar-refractivity contribution in [1.29, 1.82) is 0 Å². The highest BCUT2D eigenvalue weighted by atomic mass is 19.1. The highest BCUT2D eigenvalue weighted by molar-refractivity contribution is 5.94. The predicted molar refractivity (Wildman–Crippen MR) is 110 cm³/mol. The molecule has 0 aliphatic carbocycles. The lowest BCUT2D eigenvalue weighted by atomic mass is 9.70. The topological polar surface area (TPSA) is 29.1 Å². The maximum atomic E-state index is 13.1. The van der Waals surface area contributed by atoms with Crippen molar-refractivity contribution in [3.05, 3.63) is 71.5 Å². The molecule has 2 nitrogen and oxygen atoms in total. The molecule has 2 aromatic carbocycles. The van der Waals surface area contributed by atoms with Gasteiger partial charge in [0.1, 0.15) is 5.82 Å². The monoisotopic (exact) mass is 369 g/mol. The van der Waals surface area contributed by atoms with Crippen molar-refractivity contribution in [3.8, 4) is 0 Å². The van der Waals surface area contributed by atoms with Gasteiger partial charge >= 0.3 is 0 Å². The molecule has 0 spiro atoms. The molecule has 0 aromatic heterocycles. The molecular formula is C24H32FNO. The van der Waals surface area contributed by atoms with Crippen LogP contribution in [0.4, 0.5) is 4.39 Å². The van der Waals surface area contributed by atoms with Gasteiger partial charge in [-0.15, -0.1) is 0 Å². The molecule has 0 saturated carbocycles. The summed E-state index contributed by atoms with van der Waals surface area (Å²) in [6.07, 6.45) is 3.03. The summed E-state index contributed by atoms with van der Waals surface area (Å²) in [6, 6.07) is 16.2. The van der Waals surface area contributed by atoms with Gasteiger partial charge in [-0.05, 0) is 66.3 Å². The molecule has 0 aliphatic rings. The maximum absolute atomic E-state index is 13.1. The zero-order valence-corrected chi connectivity index (χ0v) is 17.0. The second-order valence-electron chi connectivity index (χ2n) is 8.55. The summed E-state index contributed by atoms with van der Waals surface area (Å²) in [6.45, 7) is 9.57. The van der Waals surface area contributed by atoms with Crippen molar-refractivity contribution in [2.45, 2.75) is 47.0 Å². The molecule has 1 amide bonds. The molecule has 2 aromatic rings. The fourth-order valence-electron chi connectivity index (χ4n) is 4.17. The molecule has 1 N–H and O–H groups in total. The summed E-state index contributed by atoms with van der Waals surface area (Å²) >= 11 is 0. The first-order chi connectivity index (χ1) is 12.8. The van der Waals surface area contributed by atoms with Gasteiger partial charge in [-0.1, -0.05) is 58.0 Å². The van der Waals surface area contributed by atoms with Gasteiger partial charge in [0.25, 0.3) is 5.91 Å². The van der Waals surface area contributed by atoms with Crippen LogP contribution in [0.25, 0.3) is 0 Å². The van der Waals surface area contributed by atoms with E-state index in [1.54, 1.807) is 0 Å². The van der Waals surface area contributed by atoms with Gasteiger partial charge < -0.3 is 5.32 Å². The summed E-state index contributed by atoms with van der Waals surface area (Å²) in [5, 5.41) is 3.13. The number of hydrogen-bond acceptors (Lipinski definition) is 1. The minimum Gasteiger partial charge on any atom is -0.351 e. The van der Waals surface area contributed by atoms with E-state index in [1.165, 1.54) is 29.8 Å². The molecule has 0 bridgehead atoms. The van der Waals surface area contributed by atoms with Gasteiger partial charge in [0, 0.05) is 12.1 Å². The Balaban J connectivity index is 2.20. The smallest absolute Gasteiger partial charge is 0.251 e. The zero-order chi connectivity index (χ0) is 19.9. The lowest BCUT2D eigenvalue weighted by Gasteiger charge is -2.37. The van der Waals surface area contributed by atoms with E-state index in [0.29, 0.717) is 23.9 Å². The first-order valence-corrected chi connectivity index (χ1v) is 9.87. The standard InChI is InChI=1S/C24H32FNO/c1-18(2)14-24(15-19(3)4,16-20-8-6-5-7-9-20)17-26-23(27)21-10-12-22(25)13-11-21/h5-13,18-19H,14-17H2,1-4H3,(H,26,27). The Morgan fingerprint density at radius 1 is 0.926 bits per heavy atom. The summed E-state index contributed by atoms with van der Waals surface area (Å²) < 4.78 is 13.1. The Hall–Kier alpha value is -2.16. The van der Waals surface area contributed by atoms with Crippen molar-refractivity contribution in [1.82, 2.24) is 5.32 Å². The van der Waals surface area contributed by atoms with Crippen molar-refractivity contribution in [2.24, 2.45) is 17.3 Å². The highest BCUT2D eigenvalue weighted by Gasteiger charge is 2.32. The average Bonchev–Trinajstić information content (AvgIpc) is 2.60. The van der Waals surface area contributed by atoms with Gasteiger partial charge in [0.15, 0.2) is 0 Å². The third-order valence-corrected chi connectivity index (χ3v) is 4.83. The van der Waals surface area contributed by atoms with E-state index in [2.05, 4.69) is 57.3 Å². The number of benzene rings is 2. The fourth-order valence-corrected chi connectivity index (χ4v) is 4.17. The van der Waals surface area contributed by atoms with E-state index in [-0.39, 0.29) is 17.1 Å². The lowest BCUT2D eigenvalue weighted by Crippen LogP contribution is -2.41. The normalized spacial score (nSPS) is 11.8. The van der Waals surface area contributed by atoms with Crippen LogP contribution in [0.3, 0.4) is 0 Å². The van der Waals surface area contributed by atoms with E-state index in [0.717, 1.165) is 19.3 Å². The molecule has 0 radical (unpaired) electrons. The largest absolute Gasteiger partial charge is 0.351 e. The molecule has 0 fully saturated rings. The maximum Gasteiger partial charge on any atom is 0.251 e. The number of hydrogen-bond donors (Lipinski definition) is 1. The van der Waals surface area contributed by atoms with Crippen LogP contribution >= 0.6 is 0 Å². The van der Waals surface area contributed by atoms with E-state index < -0.39 is 0 Å². The van der Waals surface area contributed by atoms with Crippen LogP contribution in [-0.4, -0.2) is 12.5 Å². The Labute approximate surface area is 163 Å². The number of carbonyl (C=O) groups excluding carboxylic acids is 1. The summed E-state index contributed by atoms with van der Waals surface area (Å²) in [5.41, 5.74) is 1.80. The van der Waals surface area contributed by atoms with Gasteiger partial charge in [0.2, 0.25) is 0 Å².